The Morgan fingerprint density at radius 2 is 2.36 bits per heavy atom. The predicted octanol–water partition coefficient (Wildman–Crippen LogP) is 1.57. The van der Waals surface area contributed by atoms with Crippen molar-refractivity contribution in [2.75, 3.05) is 5.73 Å². The van der Waals surface area contributed by atoms with E-state index in [0.717, 1.165) is 5.65 Å². The van der Waals surface area contributed by atoms with Crippen molar-refractivity contribution in [1.82, 2.24) is 9.38 Å². The topological polar surface area (TPSA) is 43.3 Å². The Labute approximate surface area is 68.4 Å². The van der Waals surface area contributed by atoms with Gasteiger partial charge in [0.2, 0.25) is 0 Å². The molecule has 11 heavy (non-hydrogen) atoms. The molecule has 0 saturated heterocycles. The van der Waals surface area contributed by atoms with Crippen LogP contribution in [-0.2, 0) is 0 Å². The first-order valence-corrected chi connectivity index (χ1v) is 3.53. The molecule has 0 aromatic carbocycles. The van der Waals surface area contributed by atoms with E-state index in [1.54, 1.807) is 28.9 Å². The van der Waals surface area contributed by atoms with Gasteiger partial charge in [-0.3, -0.25) is 4.40 Å². The molecule has 0 aliphatic carbocycles. The highest BCUT2D eigenvalue weighted by molar-refractivity contribution is 6.30. The molecule has 0 bridgehead atoms. The van der Waals surface area contributed by atoms with E-state index in [4.69, 9.17) is 17.3 Å². The smallest absolute Gasteiger partial charge is 0.139 e. The SMILES string of the molecule is Nc1cnc2cc(Cl)ccn12. The van der Waals surface area contributed by atoms with Crippen LogP contribution >= 0.6 is 11.6 Å². The van der Waals surface area contributed by atoms with Crippen LogP contribution in [0.5, 0.6) is 0 Å². The molecule has 2 aromatic rings. The van der Waals surface area contributed by atoms with Gasteiger partial charge in [0.1, 0.15) is 11.5 Å². The summed E-state index contributed by atoms with van der Waals surface area (Å²) in [5.41, 5.74) is 6.36. The van der Waals surface area contributed by atoms with Gasteiger partial charge in [0.05, 0.1) is 6.20 Å². The fourth-order valence-electron chi connectivity index (χ4n) is 0.975. The van der Waals surface area contributed by atoms with Crippen LogP contribution in [0.2, 0.25) is 5.02 Å². The number of hydrogen-bond donors (Lipinski definition) is 1. The summed E-state index contributed by atoms with van der Waals surface area (Å²) in [5, 5.41) is 0.670. The average molecular weight is 168 g/mol. The van der Waals surface area contributed by atoms with Crippen LogP contribution < -0.4 is 5.73 Å². The Bertz CT molecular complexity index is 393. The zero-order valence-electron chi connectivity index (χ0n) is 5.66. The number of aromatic nitrogens is 2. The van der Waals surface area contributed by atoms with Crippen LogP contribution in [0.1, 0.15) is 0 Å². The summed E-state index contributed by atoms with van der Waals surface area (Å²) in [6.45, 7) is 0. The zero-order valence-corrected chi connectivity index (χ0v) is 6.42. The number of hydrogen-bond acceptors (Lipinski definition) is 2. The van der Waals surface area contributed by atoms with Crippen molar-refractivity contribution in [2.45, 2.75) is 0 Å². The van der Waals surface area contributed by atoms with E-state index in [1.165, 1.54) is 0 Å². The molecule has 0 fully saturated rings. The van der Waals surface area contributed by atoms with Crippen LogP contribution in [0.4, 0.5) is 5.82 Å². The molecule has 0 aliphatic heterocycles. The van der Waals surface area contributed by atoms with Crippen molar-refractivity contribution in [3.63, 3.8) is 0 Å². The summed E-state index contributed by atoms with van der Waals surface area (Å²) < 4.78 is 1.77. The number of imidazole rings is 1. The average Bonchev–Trinajstić information content (AvgIpc) is 2.32. The number of pyridine rings is 1. The van der Waals surface area contributed by atoms with E-state index >= 15 is 0 Å². The third-order valence-electron chi connectivity index (χ3n) is 1.50. The fourth-order valence-corrected chi connectivity index (χ4v) is 1.13. The van der Waals surface area contributed by atoms with Gasteiger partial charge in [0.15, 0.2) is 0 Å². The highest BCUT2D eigenvalue weighted by atomic mass is 35.5. The van der Waals surface area contributed by atoms with Gasteiger partial charge in [-0.15, -0.1) is 0 Å². The highest BCUT2D eigenvalue weighted by Gasteiger charge is 1.97. The predicted molar refractivity (Wildman–Crippen MR) is 44.6 cm³/mol. The summed E-state index contributed by atoms with van der Waals surface area (Å²) in [4.78, 5) is 4.03. The van der Waals surface area contributed by atoms with E-state index in [-0.39, 0.29) is 0 Å². The first kappa shape index (κ1) is 6.49. The van der Waals surface area contributed by atoms with Gasteiger partial charge in [0.25, 0.3) is 0 Å². The monoisotopic (exact) mass is 167 g/mol. The molecular formula is C7H6ClN3. The third-order valence-corrected chi connectivity index (χ3v) is 1.74. The van der Waals surface area contributed by atoms with Crippen molar-refractivity contribution in [3.05, 3.63) is 29.5 Å². The Kier molecular flexibility index (Phi) is 1.26. The minimum atomic E-state index is 0.622. The lowest BCUT2D eigenvalue weighted by Crippen LogP contribution is -1.90. The van der Waals surface area contributed by atoms with Gasteiger partial charge in [-0.05, 0) is 6.07 Å². The van der Waals surface area contributed by atoms with E-state index in [9.17, 15) is 0 Å². The molecule has 3 nitrogen and oxygen atoms in total. The van der Waals surface area contributed by atoms with Crippen LogP contribution in [-0.4, -0.2) is 9.38 Å². The van der Waals surface area contributed by atoms with E-state index in [2.05, 4.69) is 4.98 Å². The van der Waals surface area contributed by atoms with Crippen LogP contribution in [0.25, 0.3) is 5.65 Å². The maximum atomic E-state index is 5.73. The molecule has 0 spiro atoms. The Hall–Kier alpha value is -1.22. The highest BCUT2D eigenvalue weighted by Crippen LogP contribution is 2.13. The Balaban J connectivity index is 2.86. The maximum Gasteiger partial charge on any atom is 0.139 e. The van der Waals surface area contributed by atoms with Gasteiger partial charge in [-0.2, -0.15) is 0 Å². The van der Waals surface area contributed by atoms with Crippen molar-refractivity contribution >= 4 is 23.1 Å². The first-order chi connectivity index (χ1) is 5.27. The van der Waals surface area contributed by atoms with E-state index in [1.807, 2.05) is 0 Å². The van der Waals surface area contributed by atoms with E-state index < -0.39 is 0 Å². The molecule has 2 heterocycles. The van der Waals surface area contributed by atoms with Crippen molar-refractivity contribution in [2.24, 2.45) is 0 Å². The second-order valence-corrected chi connectivity index (χ2v) is 2.69. The van der Waals surface area contributed by atoms with Crippen molar-refractivity contribution < 1.29 is 0 Å². The molecule has 0 saturated carbocycles. The number of nitrogens with two attached hydrogens (primary N) is 1. The van der Waals surface area contributed by atoms with Gasteiger partial charge >= 0.3 is 0 Å². The van der Waals surface area contributed by atoms with Crippen LogP contribution in [0, 0.1) is 0 Å². The summed E-state index contributed by atoms with van der Waals surface area (Å²) in [5.74, 6) is 0.622. The Morgan fingerprint density at radius 3 is 3.18 bits per heavy atom. The summed E-state index contributed by atoms with van der Waals surface area (Å²) in [6, 6.07) is 3.53. The minimum absolute atomic E-state index is 0.622. The minimum Gasteiger partial charge on any atom is -0.383 e. The van der Waals surface area contributed by atoms with Gasteiger partial charge in [-0.1, -0.05) is 11.6 Å². The number of rotatable bonds is 0. The lowest BCUT2D eigenvalue weighted by atomic mass is 10.5. The molecular weight excluding hydrogens is 162 g/mol. The fraction of sp³-hybridized carbons (Fsp3) is 0. The number of fused-ring (bicyclic) bond motifs is 1. The van der Waals surface area contributed by atoms with Gasteiger partial charge in [-0.25, -0.2) is 4.98 Å². The summed E-state index contributed by atoms with van der Waals surface area (Å²) in [7, 11) is 0. The molecule has 0 unspecified atom stereocenters. The molecule has 0 aliphatic rings. The number of anilines is 1. The molecule has 2 N–H and O–H groups in total. The summed E-state index contributed by atoms with van der Waals surface area (Å²) >= 11 is 5.73. The van der Waals surface area contributed by atoms with E-state index in [0.29, 0.717) is 10.8 Å². The summed E-state index contributed by atoms with van der Waals surface area (Å²) in [6.07, 6.45) is 3.39. The standard InChI is InChI=1S/C7H6ClN3/c8-5-1-2-11-6(9)4-10-7(11)3-5/h1-4H,9H2. The lowest BCUT2D eigenvalue weighted by molar-refractivity contribution is 1.20. The second kappa shape index (κ2) is 2.13. The van der Waals surface area contributed by atoms with Gasteiger partial charge in [0, 0.05) is 17.3 Å². The van der Waals surface area contributed by atoms with Crippen molar-refractivity contribution in [1.29, 1.82) is 0 Å². The largest absolute Gasteiger partial charge is 0.383 e. The van der Waals surface area contributed by atoms with Crippen LogP contribution in [0.3, 0.4) is 0 Å². The maximum absolute atomic E-state index is 5.73. The first-order valence-electron chi connectivity index (χ1n) is 3.15. The molecule has 0 atom stereocenters. The zero-order chi connectivity index (χ0) is 7.84. The molecule has 4 heteroatoms. The molecule has 56 valence electrons. The third kappa shape index (κ3) is 0.935. The molecule has 0 radical (unpaired) electrons. The molecule has 2 rings (SSSR count). The number of halogens is 1. The number of nitrogens with zero attached hydrogens (tertiary/aromatic N) is 2. The molecule has 2 aromatic heterocycles. The molecule has 0 amide bonds. The number of nitrogen functional groups attached to an aromatic ring is 1. The van der Waals surface area contributed by atoms with Crippen LogP contribution in [0.15, 0.2) is 24.5 Å². The van der Waals surface area contributed by atoms with Crippen molar-refractivity contribution in [3.8, 4) is 0 Å². The Morgan fingerprint density at radius 1 is 1.55 bits per heavy atom. The normalized spacial score (nSPS) is 10.6. The second-order valence-electron chi connectivity index (χ2n) is 2.26. The lowest BCUT2D eigenvalue weighted by Gasteiger charge is -1.94. The van der Waals surface area contributed by atoms with Gasteiger partial charge < -0.3 is 5.73 Å². The quantitative estimate of drug-likeness (QED) is 0.647.